The number of aromatic nitrogens is 1. The van der Waals surface area contributed by atoms with E-state index in [1.807, 2.05) is 4.57 Å². The molecule has 0 unspecified atom stereocenters. The maximum Gasteiger partial charge on any atom is 0.256 e. The monoisotopic (exact) mass is 409 g/mol. The van der Waals surface area contributed by atoms with E-state index in [0.717, 1.165) is 32.1 Å². The Morgan fingerprint density at radius 3 is 2.40 bits per heavy atom. The third-order valence-electron chi connectivity index (χ3n) is 8.13. The van der Waals surface area contributed by atoms with Crippen molar-refractivity contribution in [1.82, 2.24) is 15.2 Å². The molecule has 3 fully saturated rings. The minimum absolute atomic E-state index is 0.0514. The van der Waals surface area contributed by atoms with Crippen LogP contribution in [0.4, 0.5) is 0 Å². The van der Waals surface area contributed by atoms with E-state index in [4.69, 9.17) is 0 Å². The van der Waals surface area contributed by atoms with Gasteiger partial charge in [0, 0.05) is 32.0 Å². The summed E-state index contributed by atoms with van der Waals surface area (Å²) in [5.41, 5.74) is 0.143. The molecule has 2 bridgehead atoms. The highest BCUT2D eigenvalue weighted by Crippen LogP contribution is 2.69. The maximum atomic E-state index is 13.0. The molecule has 3 atom stereocenters. The molecule has 6 nitrogen and oxygen atoms in total. The zero-order valence-electron chi connectivity index (χ0n) is 17.7. The van der Waals surface area contributed by atoms with Crippen molar-refractivity contribution in [2.45, 2.75) is 57.4 Å². The molecule has 2 amide bonds. The molecule has 1 heterocycles. The molecule has 2 N–H and O–H groups in total. The highest BCUT2D eigenvalue weighted by Gasteiger charge is 2.62. The second-order valence-corrected chi connectivity index (χ2v) is 9.69. The van der Waals surface area contributed by atoms with E-state index in [9.17, 15) is 14.4 Å². The van der Waals surface area contributed by atoms with Crippen molar-refractivity contribution < 1.29 is 9.59 Å². The lowest BCUT2D eigenvalue weighted by Gasteiger charge is -2.26. The summed E-state index contributed by atoms with van der Waals surface area (Å²) in [6.07, 6.45) is 17.3. The van der Waals surface area contributed by atoms with E-state index in [2.05, 4.69) is 22.8 Å². The molecule has 5 rings (SSSR count). The van der Waals surface area contributed by atoms with Crippen molar-refractivity contribution >= 4 is 11.8 Å². The third kappa shape index (κ3) is 3.12. The van der Waals surface area contributed by atoms with Crippen LogP contribution in [0, 0.1) is 23.2 Å². The topological polar surface area (TPSA) is 80.2 Å². The number of amides is 2. The molecule has 0 saturated heterocycles. The Hall–Kier alpha value is -2.37. The van der Waals surface area contributed by atoms with Crippen LogP contribution in [0.2, 0.25) is 0 Å². The largest absolute Gasteiger partial charge is 0.355 e. The third-order valence-corrected chi connectivity index (χ3v) is 8.13. The summed E-state index contributed by atoms with van der Waals surface area (Å²) in [6.45, 7) is 0.596. The summed E-state index contributed by atoms with van der Waals surface area (Å²) in [5, 5.41) is 5.57. The minimum atomic E-state index is -0.481. The molecular weight excluding hydrogens is 378 g/mol. The average molecular weight is 410 g/mol. The minimum Gasteiger partial charge on any atom is -0.355 e. The van der Waals surface area contributed by atoms with Gasteiger partial charge in [0.2, 0.25) is 5.43 Å². The fraction of sp³-hybridized carbons (Fsp3) is 0.625. The summed E-state index contributed by atoms with van der Waals surface area (Å²) in [4.78, 5) is 38.3. The Morgan fingerprint density at radius 2 is 1.77 bits per heavy atom. The Bertz CT molecular complexity index is 953. The van der Waals surface area contributed by atoms with Gasteiger partial charge >= 0.3 is 0 Å². The first-order chi connectivity index (χ1) is 14.5. The number of allylic oxidation sites excluding steroid dienone is 2. The van der Waals surface area contributed by atoms with Crippen LogP contribution < -0.4 is 16.1 Å². The van der Waals surface area contributed by atoms with Crippen LogP contribution in [-0.2, 0) is 0 Å². The fourth-order valence-electron chi connectivity index (χ4n) is 6.32. The normalized spacial score (nSPS) is 28.6. The molecule has 160 valence electrons. The SMILES string of the molecule is CNC(=O)c1cn(C2CCCCC2)cc(C(=O)NC[C@H]2C[C@H]3C=C[C@@H]2C32CC2)c1=O. The van der Waals surface area contributed by atoms with Gasteiger partial charge in [-0.05, 0) is 55.3 Å². The summed E-state index contributed by atoms with van der Waals surface area (Å²) < 4.78 is 1.93. The van der Waals surface area contributed by atoms with Gasteiger partial charge in [-0.15, -0.1) is 0 Å². The van der Waals surface area contributed by atoms with Crippen LogP contribution in [0.25, 0.3) is 0 Å². The van der Waals surface area contributed by atoms with Gasteiger partial charge in [-0.2, -0.15) is 0 Å². The van der Waals surface area contributed by atoms with E-state index in [1.165, 1.54) is 26.3 Å². The number of carbonyl (C=O) groups is 2. The van der Waals surface area contributed by atoms with Gasteiger partial charge in [-0.1, -0.05) is 31.4 Å². The van der Waals surface area contributed by atoms with Gasteiger partial charge in [0.05, 0.1) is 0 Å². The summed E-state index contributed by atoms with van der Waals surface area (Å²) >= 11 is 0. The molecule has 1 aromatic heterocycles. The number of rotatable bonds is 5. The Labute approximate surface area is 177 Å². The molecular formula is C24H31N3O3. The van der Waals surface area contributed by atoms with Crippen LogP contribution in [0.1, 0.15) is 78.1 Å². The zero-order valence-corrected chi connectivity index (χ0v) is 17.7. The highest BCUT2D eigenvalue weighted by molar-refractivity contribution is 5.99. The summed E-state index contributed by atoms with van der Waals surface area (Å²) in [5.74, 6) is 0.901. The number of nitrogens with one attached hydrogen (secondary N) is 2. The smallest absolute Gasteiger partial charge is 0.256 e. The van der Waals surface area contributed by atoms with Crippen molar-refractivity contribution in [2.24, 2.45) is 23.2 Å². The molecule has 0 aromatic carbocycles. The van der Waals surface area contributed by atoms with E-state index < -0.39 is 11.3 Å². The first kappa shape index (κ1) is 19.6. The number of hydrogen-bond acceptors (Lipinski definition) is 3. The lowest BCUT2D eigenvalue weighted by molar-refractivity contribution is 0.0941. The van der Waals surface area contributed by atoms with Crippen LogP contribution in [-0.4, -0.2) is 30.0 Å². The Kier molecular flexibility index (Phi) is 4.83. The van der Waals surface area contributed by atoms with Gasteiger partial charge in [-0.25, -0.2) is 0 Å². The quantitative estimate of drug-likeness (QED) is 0.734. The van der Waals surface area contributed by atoms with Crippen molar-refractivity contribution in [1.29, 1.82) is 0 Å². The first-order valence-corrected chi connectivity index (χ1v) is 11.5. The number of nitrogens with zero attached hydrogens (tertiary/aromatic N) is 1. The van der Waals surface area contributed by atoms with Gasteiger partial charge in [0.1, 0.15) is 11.1 Å². The molecule has 4 aliphatic rings. The summed E-state index contributed by atoms with van der Waals surface area (Å²) in [7, 11) is 1.51. The Morgan fingerprint density at radius 1 is 1.07 bits per heavy atom. The van der Waals surface area contributed by atoms with Crippen molar-refractivity contribution in [3.8, 4) is 0 Å². The van der Waals surface area contributed by atoms with Crippen LogP contribution in [0.5, 0.6) is 0 Å². The highest BCUT2D eigenvalue weighted by atomic mass is 16.2. The number of pyridine rings is 1. The lowest BCUT2D eigenvalue weighted by Crippen LogP contribution is -2.37. The van der Waals surface area contributed by atoms with Crippen molar-refractivity contribution in [3.63, 3.8) is 0 Å². The predicted molar refractivity (Wildman–Crippen MR) is 114 cm³/mol. The van der Waals surface area contributed by atoms with E-state index in [1.54, 1.807) is 12.4 Å². The molecule has 1 spiro atoms. The molecule has 3 saturated carbocycles. The van der Waals surface area contributed by atoms with E-state index in [0.29, 0.717) is 29.7 Å². The van der Waals surface area contributed by atoms with Gasteiger partial charge in [-0.3, -0.25) is 14.4 Å². The van der Waals surface area contributed by atoms with Crippen molar-refractivity contribution in [3.05, 3.63) is 45.9 Å². The van der Waals surface area contributed by atoms with E-state index >= 15 is 0 Å². The molecule has 4 aliphatic carbocycles. The lowest BCUT2D eigenvalue weighted by atomic mass is 9.89. The van der Waals surface area contributed by atoms with E-state index in [-0.39, 0.29) is 23.1 Å². The van der Waals surface area contributed by atoms with Crippen LogP contribution in [0.3, 0.4) is 0 Å². The number of hydrogen-bond donors (Lipinski definition) is 2. The molecule has 30 heavy (non-hydrogen) atoms. The zero-order chi connectivity index (χ0) is 20.9. The van der Waals surface area contributed by atoms with Gasteiger partial charge in [0.15, 0.2) is 0 Å². The summed E-state index contributed by atoms with van der Waals surface area (Å²) in [6, 6.07) is 0.236. The number of carbonyl (C=O) groups excluding carboxylic acids is 2. The molecule has 0 aliphatic heterocycles. The average Bonchev–Trinajstić information content (AvgIpc) is 3.45. The second kappa shape index (κ2) is 7.40. The van der Waals surface area contributed by atoms with Crippen LogP contribution in [0.15, 0.2) is 29.3 Å². The standard InChI is InChI=1S/C24H31N3O3/c1-25-22(29)18-13-27(17-5-3-2-4-6-17)14-19(21(18)28)23(30)26-12-15-11-16-7-8-20(15)24(16)9-10-24/h7-8,13-17,20H,2-6,9-12H2,1H3,(H,25,29)(H,26,30)/t15-,16-,20+/m1/s1. The fourth-order valence-corrected chi connectivity index (χ4v) is 6.32. The van der Waals surface area contributed by atoms with Gasteiger partial charge < -0.3 is 15.2 Å². The maximum absolute atomic E-state index is 13.0. The predicted octanol–water partition coefficient (Wildman–Crippen LogP) is 3.05. The molecule has 0 radical (unpaired) electrons. The first-order valence-electron chi connectivity index (χ1n) is 11.5. The van der Waals surface area contributed by atoms with Gasteiger partial charge in [0.25, 0.3) is 11.8 Å². The van der Waals surface area contributed by atoms with Crippen molar-refractivity contribution in [2.75, 3.05) is 13.6 Å². The Balaban J connectivity index is 1.37. The molecule has 6 heteroatoms. The second-order valence-electron chi connectivity index (χ2n) is 9.69. The van der Waals surface area contributed by atoms with Crippen LogP contribution >= 0.6 is 0 Å². The molecule has 1 aromatic rings.